The number of amides is 3. The number of nitrogens with zero attached hydrogens (tertiary/aromatic N) is 1. The van der Waals surface area contributed by atoms with Gasteiger partial charge in [0.15, 0.2) is 0 Å². The van der Waals surface area contributed by atoms with Crippen molar-refractivity contribution < 1.29 is 14.4 Å². The van der Waals surface area contributed by atoms with Crippen molar-refractivity contribution >= 4 is 23.4 Å². The quantitative estimate of drug-likeness (QED) is 0.566. The van der Waals surface area contributed by atoms with Crippen molar-refractivity contribution in [2.75, 3.05) is 5.32 Å². The van der Waals surface area contributed by atoms with Crippen LogP contribution in [0.5, 0.6) is 0 Å². The van der Waals surface area contributed by atoms with Gasteiger partial charge in [0.1, 0.15) is 6.04 Å². The smallest absolute Gasteiger partial charge is 0.248 e. The molecule has 3 fully saturated rings. The summed E-state index contributed by atoms with van der Waals surface area (Å²) in [5.74, 6) is 0.128. The molecule has 0 aromatic heterocycles. The highest BCUT2D eigenvalue weighted by atomic mass is 16.2. The fourth-order valence-corrected chi connectivity index (χ4v) is 6.60. The summed E-state index contributed by atoms with van der Waals surface area (Å²) in [6.45, 7) is 3.96. The zero-order chi connectivity index (χ0) is 22.9. The molecule has 0 unspecified atom stereocenters. The van der Waals surface area contributed by atoms with Crippen molar-refractivity contribution in [3.05, 3.63) is 77.4 Å². The van der Waals surface area contributed by atoms with E-state index in [2.05, 4.69) is 17.5 Å². The van der Waals surface area contributed by atoms with Gasteiger partial charge in [-0.1, -0.05) is 60.2 Å². The van der Waals surface area contributed by atoms with Crippen molar-refractivity contribution in [2.45, 2.75) is 32.7 Å². The van der Waals surface area contributed by atoms with E-state index in [0.717, 1.165) is 23.1 Å². The van der Waals surface area contributed by atoms with Crippen LogP contribution in [0.15, 0.2) is 60.7 Å². The molecule has 2 aromatic carbocycles. The van der Waals surface area contributed by atoms with Gasteiger partial charge in [0.05, 0.1) is 11.8 Å². The number of likely N-dealkylation sites (tertiary alicyclic amines) is 1. The van der Waals surface area contributed by atoms with Crippen LogP contribution in [0.2, 0.25) is 0 Å². The van der Waals surface area contributed by atoms with Crippen LogP contribution in [0.4, 0.5) is 5.69 Å². The summed E-state index contributed by atoms with van der Waals surface area (Å²) in [7, 11) is 0. The van der Waals surface area contributed by atoms with Crippen LogP contribution in [0.3, 0.4) is 0 Å². The average Bonchev–Trinajstić information content (AvgIpc) is 3.59. The molecule has 1 N–H and O–H groups in total. The number of hydrogen-bond donors (Lipinski definition) is 1. The summed E-state index contributed by atoms with van der Waals surface area (Å²) >= 11 is 0. The molecule has 1 heterocycles. The lowest BCUT2D eigenvalue weighted by molar-refractivity contribution is -0.146. The molecular formula is C28H28N2O3. The first-order valence-electron chi connectivity index (χ1n) is 11.9. The predicted molar refractivity (Wildman–Crippen MR) is 125 cm³/mol. The minimum Gasteiger partial charge on any atom is -0.324 e. The Morgan fingerprint density at radius 2 is 1.61 bits per heavy atom. The van der Waals surface area contributed by atoms with E-state index in [9.17, 15) is 14.4 Å². The zero-order valence-electron chi connectivity index (χ0n) is 18.9. The van der Waals surface area contributed by atoms with E-state index in [0.29, 0.717) is 23.9 Å². The number of imide groups is 1. The Kier molecular flexibility index (Phi) is 4.58. The monoisotopic (exact) mass is 440 g/mol. The highest BCUT2D eigenvalue weighted by molar-refractivity contribution is 6.10. The lowest BCUT2D eigenvalue weighted by Gasteiger charge is -2.37. The second kappa shape index (κ2) is 7.41. The van der Waals surface area contributed by atoms with Crippen molar-refractivity contribution in [3.8, 4) is 0 Å². The van der Waals surface area contributed by atoms with Gasteiger partial charge < -0.3 is 5.32 Å². The molecule has 5 heteroatoms. The third kappa shape index (κ3) is 3.17. The van der Waals surface area contributed by atoms with Crippen LogP contribution in [-0.2, 0) is 20.8 Å². The molecule has 5 aliphatic rings. The maximum absolute atomic E-state index is 13.7. The molecular weight excluding hydrogens is 412 g/mol. The summed E-state index contributed by atoms with van der Waals surface area (Å²) < 4.78 is 0. The highest BCUT2D eigenvalue weighted by Gasteiger charge is 2.67. The van der Waals surface area contributed by atoms with Gasteiger partial charge in [-0.3, -0.25) is 19.3 Å². The summed E-state index contributed by atoms with van der Waals surface area (Å²) in [6, 6.07) is 14.6. The fraction of sp³-hybridized carbons (Fsp3) is 0.393. The first-order chi connectivity index (χ1) is 15.9. The van der Waals surface area contributed by atoms with Crippen LogP contribution >= 0.6 is 0 Å². The van der Waals surface area contributed by atoms with E-state index < -0.39 is 6.04 Å². The van der Waals surface area contributed by atoms with E-state index in [4.69, 9.17) is 0 Å². The molecule has 5 nitrogen and oxygen atoms in total. The number of aryl methyl sites for hydroxylation is 2. The van der Waals surface area contributed by atoms with E-state index in [1.807, 2.05) is 62.4 Å². The molecule has 33 heavy (non-hydrogen) atoms. The lowest BCUT2D eigenvalue weighted by Crippen LogP contribution is -2.49. The third-order valence-corrected chi connectivity index (χ3v) is 8.22. The van der Waals surface area contributed by atoms with Gasteiger partial charge in [0.25, 0.3) is 0 Å². The molecule has 2 bridgehead atoms. The van der Waals surface area contributed by atoms with Gasteiger partial charge in [-0.05, 0) is 61.1 Å². The molecule has 4 aliphatic carbocycles. The van der Waals surface area contributed by atoms with Crippen LogP contribution in [-0.4, -0.2) is 28.7 Å². The Hall–Kier alpha value is -3.21. The normalized spacial score (nSPS) is 31.9. The largest absolute Gasteiger partial charge is 0.324 e. The van der Waals surface area contributed by atoms with E-state index in [-0.39, 0.29) is 41.4 Å². The average molecular weight is 441 g/mol. The third-order valence-electron chi connectivity index (χ3n) is 8.22. The first kappa shape index (κ1) is 20.4. The number of benzene rings is 2. The number of nitrogens with one attached hydrogen (secondary N) is 1. The number of carbonyl (C=O) groups is 3. The molecule has 1 saturated heterocycles. The lowest BCUT2D eigenvalue weighted by atomic mass is 9.63. The molecule has 0 radical (unpaired) electrons. The zero-order valence-corrected chi connectivity index (χ0v) is 18.9. The van der Waals surface area contributed by atoms with Crippen LogP contribution in [0.1, 0.15) is 23.1 Å². The topological polar surface area (TPSA) is 66.5 Å². The van der Waals surface area contributed by atoms with Crippen molar-refractivity contribution in [1.29, 1.82) is 0 Å². The molecule has 3 amide bonds. The van der Waals surface area contributed by atoms with E-state index in [1.165, 1.54) is 4.90 Å². The van der Waals surface area contributed by atoms with E-state index in [1.54, 1.807) is 0 Å². The second-order valence-corrected chi connectivity index (χ2v) is 10.2. The van der Waals surface area contributed by atoms with Crippen LogP contribution in [0.25, 0.3) is 0 Å². The Bertz CT molecular complexity index is 1150. The SMILES string of the molecule is Cc1ccc(NC(=O)[C@H](Cc2ccccc2)N2C(=O)[C@@H]3[C@@H]4C=C[C@H]([C@H]5C[C@H]45)[C@@H]3C2=O)c(C)c1. The van der Waals surface area contributed by atoms with Gasteiger partial charge in [0, 0.05) is 12.1 Å². The standard InChI is InChI=1S/C28H28N2O3/c1-15-8-11-22(16(2)12-15)29-26(31)23(13-17-6-4-3-5-7-17)30-27(32)24-18-9-10-19(21-14-20(18)21)25(24)28(30)33/h3-12,18-21,23-25H,13-14H2,1-2H3,(H,29,31)/t18-,19-,20-,21-,23+,24-,25+/m1/s1. The molecule has 2 aromatic rings. The molecule has 168 valence electrons. The fourth-order valence-electron chi connectivity index (χ4n) is 6.60. The number of allylic oxidation sites excluding steroid dienone is 2. The summed E-state index contributed by atoms with van der Waals surface area (Å²) in [6.07, 6.45) is 5.76. The maximum Gasteiger partial charge on any atom is 0.248 e. The molecule has 0 spiro atoms. The van der Waals surface area contributed by atoms with Gasteiger partial charge in [-0.15, -0.1) is 0 Å². The van der Waals surface area contributed by atoms with E-state index >= 15 is 0 Å². The van der Waals surface area contributed by atoms with Crippen LogP contribution < -0.4 is 5.32 Å². The highest BCUT2D eigenvalue weighted by Crippen LogP contribution is 2.65. The Labute approximate surface area is 193 Å². The molecule has 7 atom stereocenters. The number of anilines is 1. The van der Waals surface area contributed by atoms with Crippen molar-refractivity contribution in [1.82, 2.24) is 4.90 Å². The van der Waals surface area contributed by atoms with Gasteiger partial charge in [-0.2, -0.15) is 0 Å². The van der Waals surface area contributed by atoms with Crippen molar-refractivity contribution in [3.63, 3.8) is 0 Å². The minimum atomic E-state index is -0.866. The summed E-state index contributed by atoms with van der Waals surface area (Å²) in [5, 5.41) is 3.01. The molecule has 1 aliphatic heterocycles. The Morgan fingerprint density at radius 1 is 0.970 bits per heavy atom. The van der Waals surface area contributed by atoms with Gasteiger partial charge in [0.2, 0.25) is 17.7 Å². The van der Waals surface area contributed by atoms with Crippen molar-refractivity contribution in [2.24, 2.45) is 35.5 Å². The first-order valence-corrected chi connectivity index (χ1v) is 11.9. The second-order valence-electron chi connectivity index (χ2n) is 10.2. The molecule has 2 saturated carbocycles. The minimum absolute atomic E-state index is 0.145. The number of carbonyl (C=O) groups excluding carboxylic acids is 3. The predicted octanol–water partition coefficient (Wildman–Crippen LogP) is 3.91. The Balaban J connectivity index is 1.34. The number of rotatable bonds is 5. The Morgan fingerprint density at radius 3 is 2.21 bits per heavy atom. The summed E-state index contributed by atoms with van der Waals surface area (Å²) in [5.41, 5.74) is 3.71. The number of hydrogen-bond acceptors (Lipinski definition) is 3. The van der Waals surface area contributed by atoms with Gasteiger partial charge in [-0.25, -0.2) is 0 Å². The van der Waals surface area contributed by atoms with Gasteiger partial charge >= 0.3 is 0 Å². The maximum atomic E-state index is 13.7. The molecule has 7 rings (SSSR count). The summed E-state index contributed by atoms with van der Waals surface area (Å²) in [4.78, 5) is 42.3. The van der Waals surface area contributed by atoms with Crippen LogP contribution in [0, 0.1) is 49.4 Å².